The van der Waals surface area contributed by atoms with E-state index in [1.54, 1.807) is 0 Å². The molecule has 3 nitrogen and oxygen atoms in total. The molecule has 11 aromatic carbocycles. The minimum Gasteiger partial charge on any atom is -0.309 e. The van der Waals surface area contributed by atoms with Gasteiger partial charge in [-0.25, -0.2) is 0 Å². The Balaban J connectivity index is 1.10. The van der Waals surface area contributed by atoms with Crippen molar-refractivity contribution in [3.8, 4) is 44.8 Å². The highest BCUT2D eigenvalue weighted by Gasteiger charge is 2.29. The van der Waals surface area contributed by atoms with Crippen molar-refractivity contribution in [3.05, 3.63) is 269 Å². The number of fused-ring (bicyclic) bond motifs is 6. The zero-order valence-electron chi connectivity index (χ0n) is 59.4. The van der Waals surface area contributed by atoms with Crippen LogP contribution in [0.4, 0.5) is 17.1 Å². The van der Waals surface area contributed by atoms with Gasteiger partial charge in [-0.15, -0.1) is 0 Å². The van der Waals surface area contributed by atoms with Gasteiger partial charge < -0.3 is 14.0 Å². The van der Waals surface area contributed by atoms with Crippen molar-refractivity contribution in [2.75, 3.05) is 4.90 Å². The SMILES string of the molecule is CC(C)c1cc(C(C)C)c(-c2cc(Sc3cccc(-n4c5ccc(C(C)(C)C)cc5c5cc(C(C)(C)C)ccc54)c3)cc(N(c3cccc(-n4c5ccc(C(C)(C)C)cc5c5cc(C(C)(C)C)ccc54)c3)c3c(-c4ccccc4)cccc3-c3ccccc3)c2)c(C(C)C)c1. The first kappa shape index (κ1) is 64.9. The maximum Gasteiger partial charge on any atom is 0.0618 e. The highest BCUT2D eigenvalue weighted by atomic mass is 32.2. The van der Waals surface area contributed by atoms with Crippen molar-refractivity contribution < 1.29 is 0 Å². The van der Waals surface area contributed by atoms with Crippen molar-refractivity contribution >= 4 is 72.4 Å². The molecule has 0 unspecified atom stereocenters. The molecule has 2 aromatic heterocycles. The van der Waals surface area contributed by atoms with E-state index in [4.69, 9.17) is 0 Å². The molecule has 13 rings (SSSR count). The molecule has 4 heteroatoms. The number of hydrogen-bond donors (Lipinski definition) is 0. The fourth-order valence-electron chi connectivity index (χ4n) is 14.2. The molecule has 0 N–H and O–H groups in total. The summed E-state index contributed by atoms with van der Waals surface area (Å²) in [5.74, 6) is 0.914. The normalized spacial score (nSPS) is 12.6. The molecule has 0 saturated heterocycles. The van der Waals surface area contributed by atoms with Crippen LogP contribution in [0.3, 0.4) is 0 Å². The van der Waals surface area contributed by atoms with Crippen LogP contribution in [-0.4, -0.2) is 9.13 Å². The minimum absolute atomic E-state index is 0.00150. The molecule has 13 aromatic rings. The number of anilines is 3. The summed E-state index contributed by atoms with van der Waals surface area (Å²) >= 11 is 1.86. The second kappa shape index (κ2) is 24.7. The van der Waals surface area contributed by atoms with Crippen LogP contribution >= 0.6 is 11.8 Å². The molecule has 480 valence electrons. The average molecular weight is 1260 g/mol. The summed E-state index contributed by atoms with van der Waals surface area (Å²) in [4.78, 5) is 4.93. The largest absolute Gasteiger partial charge is 0.309 e. The van der Waals surface area contributed by atoms with Gasteiger partial charge in [0.2, 0.25) is 0 Å². The number of para-hydroxylation sites is 1. The van der Waals surface area contributed by atoms with E-state index in [0.29, 0.717) is 5.92 Å². The smallest absolute Gasteiger partial charge is 0.0618 e. The first-order chi connectivity index (χ1) is 45.1. The summed E-state index contributed by atoms with van der Waals surface area (Å²) in [6, 6.07) is 88.8. The maximum atomic E-state index is 2.60. The number of rotatable bonds is 13. The third-order valence-corrected chi connectivity index (χ3v) is 20.6. The molecular weight excluding hydrogens is 1170 g/mol. The first-order valence-corrected chi connectivity index (χ1v) is 35.4. The molecular formula is C91H95N3S. The second-order valence-corrected chi connectivity index (χ2v) is 32.9. The van der Waals surface area contributed by atoms with Crippen LogP contribution < -0.4 is 4.90 Å². The Labute approximate surface area is 570 Å². The monoisotopic (exact) mass is 1260 g/mol. The summed E-state index contributed by atoms with van der Waals surface area (Å²) in [5.41, 5.74) is 26.9. The van der Waals surface area contributed by atoms with Crippen molar-refractivity contribution in [2.45, 2.75) is 174 Å². The average Bonchev–Trinajstić information content (AvgIpc) is 1.65. The molecule has 95 heavy (non-hydrogen) atoms. The topological polar surface area (TPSA) is 13.1 Å². The Morgan fingerprint density at radius 1 is 0.316 bits per heavy atom. The number of benzene rings is 11. The van der Waals surface area contributed by atoms with E-state index in [-0.39, 0.29) is 33.5 Å². The van der Waals surface area contributed by atoms with Crippen LogP contribution in [0.1, 0.15) is 181 Å². The molecule has 0 radical (unpaired) electrons. The summed E-state index contributed by atoms with van der Waals surface area (Å²) in [7, 11) is 0. The van der Waals surface area contributed by atoms with Gasteiger partial charge in [-0.2, -0.15) is 0 Å². The lowest BCUT2D eigenvalue weighted by molar-refractivity contribution is 0.590. The van der Waals surface area contributed by atoms with Gasteiger partial charge in [0.05, 0.1) is 27.8 Å². The van der Waals surface area contributed by atoms with Gasteiger partial charge >= 0.3 is 0 Å². The lowest BCUT2D eigenvalue weighted by Crippen LogP contribution is -2.14. The molecule has 0 aliphatic carbocycles. The van der Waals surface area contributed by atoms with Gasteiger partial charge in [0.1, 0.15) is 0 Å². The zero-order valence-corrected chi connectivity index (χ0v) is 60.2. The van der Waals surface area contributed by atoms with Crippen molar-refractivity contribution in [1.82, 2.24) is 9.13 Å². The van der Waals surface area contributed by atoms with Crippen molar-refractivity contribution in [2.24, 2.45) is 0 Å². The molecule has 0 fully saturated rings. The first-order valence-electron chi connectivity index (χ1n) is 34.5. The lowest BCUT2D eigenvalue weighted by Gasteiger charge is -2.32. The fraction of sp³-hybridized carbons (Fsp3) is 0.275. The maximum absolute atomic E-state index is 2.60. The molecule has 0 amide bonds. The van der Waals surface area contributed by atoms with Gasteiger partial charge in [-0.1, -0.05) is 264 Å². The van der Waals surface area contributed by atoms with Crippen molar-refractivity contribution in [1.29, 1.82) is 0 Å². The van der Waals surface area contributed by atoms with Gasteiger partial charge in [-0.05, 0) is 204 Å². The Morgan fingerprint density at radius 2 is 0.716 bits per heavy atom. The Hall–Kier alpha value is -8.83. The van der Waals surface area contributed by atoms with Gasteiger partial charge in [0.25, 0.3) is 0 Å². The van der Waals surface area contributed by atoms with Crippen LogP contribution in [0.2, 0.25) is 0 Å². The number of hydrogen-bond acceptors (Lipinski definition) is 2. The Kier molecular flexibility index (Phi) is 16.9. The predicted molar refractivity (Wildman–Crippen MR) is 414 cm³/mol. The van der Waals surface area contributed by atoms with Crippen LogP contribution in [0.25, 0.3) is 88.4 Å². The molecule has 2 heterocycles. The fourth-order valence-corrected chi connectivity index (χ4v) is 15.1. The Morgan fingerprint density at radius 3 is 1.12 bits per heavy atom. The molecule has 0 atom stereocenters. The minimum atomic E-state index is -0.0239. The standard InChI is InChI=1S/C91H95N3S/c1-57(2)62-48-76(58(3)4)86(77(49-62)59(5)6)63-46-71(56-73(47-63)95-72-35-26-34-70(55-72)94-84-44-40-66(90(13,14)15)52-80(84)81-53-67(91(16,17)18)41-45-85(81)94)92(87-74(60-28-21-19-22-29-60)36-27-37-75(87)61-30-23-20-24-31-61)68-32-25-33-69(54-68)93-82-42-38-64(88(7,8)9)50-78(82)79-51-65(89(10,11)12)39-43-83(79)93/h19-59H,1-18H3. The van der Waals surface area contributed by atoms with Crippen LogP contribution in [0.15, 0.2) is 240 Å². The quantitative estimate of drug-likeness (QED) is 0.114. The lowest BCUT2D eigenvalue weighted by atomic mass is 9.81. The highest BCUT2D eigenvalue weighted by Crippen LogP contribution is 2.51. The Bertz CT molecular complexity index is 4810. The van der Waals surface area contributed by atoms with E-state index in [1.165, 1.54) is 98.6 Å². The third kappa shape index (κ3) is 12.5. The number of nitrogens with zero attached hydrogens (tertiary/aromatic N) is 3. The van der Waals surface area contributed by atoms with E-state index in [1.807, 2.05) is 11.8 Å². The highest BCUT2D eigenvalue weighted by molar-refractivity contribution is 7.99. The predicted octanol–water partition coefficient (Wildman–Crippen LogP) is 27.1. The molecule has 0 saturated carbocycles. The third-order valence-electron chi connectivity index (χ3n) is 19.7. The van der Waals surface area contributed by atoms with E-state index < -0.39 is 0 Å². The van der Waals surface area contributed by atoms with Gasteiger partial charge in [0, 0.05) is 65.2 Å². The summed E-state index contributed by atoms with van der Waals surface area (Å²) in [6.07, 6.45) is 0. The van der Waals surface area contributed by atoms with Gasteiger partial charge in [-0.3, -0.25) is 0 Å². The molecule has 0 aliphatic heterocycles. The molecule has 0 bridgehead atoms. The van der Waals surface area contributed by atoms with E-state index in [0.717, 1.165) is 55.6 Å². The summed E-state index contributed by atoms with van der Waals surface area (Å²) < 4.78 is 5.02. The van der Waals surface area contributed by atoms with Crippen molar-refractivity contribution in [3.63, 3.8) is 0 Å². The second-order valence-electron chi connectivity index (χ2n) is 31.7. The van der Waals surface area contributed by atoms with Gasteiger partial charge in [0.15, 0.2) is 0 Å². The molecule has 0 aliphatic rings. The van der Waals surface area contributed by atoms with E-state index in [2.05, 4.69) is 369 Å². The van der Waals surface area contributed by atoms with E-state index in [9.17, 15) is 0 Å². The summed E-state index contributed by atoms with van der Waals surface area (Å²) in [6.45, 7) is 42.0. The van der Waals surface area contributed by atoms with Crippen LogP contribution in [-0.2, 0) is 21.7 Å². The van der Waals surface area contributed by atoms with Crippen LogP contribution in [0, 0.1) is 0 Å². The number of aromatic nitrogens is 2. The zero-order chi connectivity index (χ0) is 67.2. The molecule has 0 spiro atoms. The van der Waals surface area contributed by atoms with E-state index >= 15 is 0 Å². The van der Waals surface area contributed by atoms with Crippen LogP contribution in [0.5, 0.6) is 0 Å². The summed E-state index contributed by atoms with van der Waals surface area (Å²) in [5, 5.41) is 5.12.